The van der Waals surface area contributed by atoms with Crippen LogP contribution in [0.15, 0.2) is 72.1 Å². The van der Waals surface area contributed by atoms with Crippen molar-refractivity contribution < 1.29 is 23.1 Å². The van der Waals surface area contributed by atoms with Gasteiger partial charge in [0.2, 0.25) is 15.9 Å². The molecule has 1 unspecified atom stereocenters. The van der Waals surface area contributed by atoms with Gasteiger partial charge >= 0.3 is 6.09 Å². The Labute approximate surface area is 194 Å². The molecule has 1 saturated heterocycles. The third kappa shape index (κ3) is 6.66. The summed E-state index contributed by atoms with van der Waals surface area (Å²) in [6.45, 7) is 4.54. The maximum Gasteiger partial charge on any atom is 0.407 e. The van der Waals surface area contributed by atoms with E-state index < -0.39 is 16.1 Å². The van der Waals surface area contributed by atoms with Gasteiger partial charge in [0.25, 0.3) is 0 Å². The van der Waals surface area contributed by atoms with Crippen LogP contribution in [0.2, 0.25) is 0 Å². The van der Waals surface area contributed by atoms with Crippen LogP contribution >= 0.6 is 0 Å². The lowest BCUT2D eigenvalue weighted by Gasteiger charge is -2.21. The second kappa shape index (κ2) is 11.1. The summed E-state index contributed by atoms with van der Waals surface area (Å²) in [5, 5.41) is 12.4. The first-order valence-electron chi connectivity index (χ1n) is 10.8. The molecule has 3 rings (SSSR count). The average Bonchev–Trinajstić information content (AvgIpc) is 3.05. The topological polar surface area (TPSA) is 107 Å². The molecule has 2 amide bonds. The number of benzene rings is 2. The minimum atomic E-state index is -3.68. The first-order valence-corrected chi connectivity index (χ1v) is 12.3. The van der Waals surface area contributed by atoms with Gasteiger partial charge in [0, 0.05) is 32.2 Å². The fraction of sp³-hybridized carbons (Fsp3) is 0.333. The third-order valence-corrected chi connectivity index (χ3v) is 7.55. The van der Waals surface area contributed by atoms with Crippen LogP contribution in [0.1, 0.15) is 30.4 Å². The van der Waals surface area contributed by atoms with Gasteiger partial charge in [-0.1, -0.05) is 49.0 Å². The van der Waals surface area contributed by atoms with E-state index in [9.17, 15) is 23.1 Å². The highest BCUT2D eigenvalue weighted by Gasteiger charge is 2.28. The molecule has 0 bridgehead atoms. The number of sulfonamides is 1. The van der Waals surface area contributed by atoms with Crippen molar-refractivity contribution in [3.63, 3.8) is 0 Å². The lowest BCUT2D eigenvalue weighted by molar-refractivity contribution is -0.117. The summed E-state index contributed by atoms with van der Waals surface area (Å²) in [6.07, 6.45) is 2.05. The fourth-order valence-corrected chi connectivity index (χ4v) is 5.34. The molecule has 33 heavy (non-hydrogen) atoms. The first-order chi connectivity index (χ1) is 15.8. The lowest BCUT2D eigenvalue weighted by atomic mass is 10.1. The molecule has 2 aromatic rings. The van der Waals surface area contributed by atoms with Crippen LogP contribution in [0.3, 0.4) is 0 Å². The van der Waals surface area contributed by atoms with Gasteiger partial charge in [0.15, 0.2) is 0 Å². The van der Waals surface area contributed by atoms with Crippen molar-refractivity contribution in [1.82, 2.24) is 14.5 Å². The monoisotopic (exact) mass is 471 g/mol. The van der Waals surface area contributed by atoms with Crippen LogP contribution in [0.25, 0.3) is 0 Å². The highest BCUT2D eigenvalue weighted by atomic mass is 32.2. The van der Waals surface area contributed by atoms with Crippen molar-refractivity contribution in [2.45, 2.75) is 43.3 Å². The fourth-order valence-electron chi connectivity index (χ4n) is 3.85. The maximum absolute atomic E-state index is 13.1. The summed E-state index contributed by atoms with van der Waals surface area (Å²) in [6, 6.07) is 15.6. The summed E-state index contributed by atoms with van der Waals surface area (Å²) in [5.41, 5.74) is 1.58. The molecular weight excluding hydrogens is 442 g/mol. The van der Waals surface area contributed by atoms with E-state index >= 15 is 0 Å². The van der Waals surface area contributed by atoms with Gasteiger partial charge < -0.3 is 10.4 Å². The van der Waals surface area contributed by atoms with E-state index in [4.69, 9.17) is 0 Å². The number of carbonyl (C=O) groups is 2. The van der Waals surface area contributed by atoms with Crippen molar-refractivity contribution in [2.24, 2.45) is 0 Å². The smallest absolute Gasteiger partial charge is 0.407 e. The molecule has 9 heteroatoms. The number of carboxylic acid groups (broad SMARTS) is 1. The SMILES string of the molecule is C=CC(=O)NC1CCCN(S(=O)(=O)c2ccc(CN(Cc3ccccc3)C(=O)O)cc2)CC1. The van der Waals surface area contributed by atoms with Gasteiger partial charge in [0.1, 0.15) is 0 Å². The van der Waals surface area contributed by atoms with E-state index in [1.807, 2.05) is 30.3 Å². The zero-order valence-electron chi connectivity index (χ0n) is 18.4. The van der Waals surface area contributed by atoms with E-state index in [1.54, 1.807) is 12.1 Å². The number of hydrogen-bond acceptors (Lipinski definition) is 4. The van der Waals surface area contributed by atoms with Crippen LogP contribution < -0.4 is 5.32 Å². The van der Waals surface area contributed by atoms with E-state index in [2.05, 4.69) is 11.9 Å². The van der Waals surface area contributed by atoms with Crippen LogP contribution in [-0.4, -0.2) is 53.9 Å². The van der Waals surface area contributed by atoms with Crippen molar-refractivity contribution >= 4 is 22.0 Å². The number of carbonyl (C=O) groups excluding carboxylic acids is 1. The van der Waals surface area contributed by atoms with Crippen LogP contribution in [0.5, 0.6) is 0 Å². The number of nitrogens with one attached hydrogen (secondary N) is 1. The zero-order valence-corrected chi connectivity index (χ0v) is 19.2. The van der Waals surface area contributed by atoms with E-state index in [1.165, 1.54) is 27.4 Å². The molecule has 0 spiro atoms. The van der Waals surface area contributed by atoms with Crippen molar-refractivity contribution in [2.75, 3.05) is 13.1 Å². The Kier molecular flexibility index (Phi) is 8.24. The maximum atomic E-state index is 13.1. The third-order valence-electron chi connectivity index (χ3n) is 5.64. The highest BCUT2D eigenvalue weighted by molar-refractivity contribution is 7.89. The molecule has 0 radical (unpaired) electrons. The molecule has 1 atom stereocenters. The first kappa shape index (κ1) is 24.5. The summed E-state index contributed by atoms with van der Waals surface area (Å²) in [7, 11) is -3.68. The number of hydrogen-bond donors (Lipinski definition) is 2. The quantitative estimate of drug-likeness (QED) is 0.575. The Morgan fingerprint density at radius 1 is 1.03 bits per heavy atom. The van der Waals surface area contributed by atoms with Crippen LogP contribution in [0.4, 0.5) is 4.79 Å². The summed E-state index contributed by atoms with van der Waals surface area (Å²) >= 11 is 0. The molecule has 1 aliphatic heterocycles. The molecule has 1 fully saturated rings. The van der Waals surface area contributed by atoms with Gasteiger partial charge in [-0.25, -0.2) is 13.2 Å². The Hall–Kier alpha value is -3.17. The van der Waals surface area contributed by atoms with Crippen molar-refractivity contribution in [1.29, 1.82) is 0 Å². The average molecular weight is 472 g/mol. The predicted octanol–water partition coefficient (Wildman–Crippen LogP) is 3.21. The summed E-state index contributed by atoms with van der Waals surface area (Å²) < 4.78 is 27.7. The van der Waals surface area contributed by atoms with Gasteiger partial charge in [-0.3, -0.25) is 9.69 Å². The second-order valence-corrected chi connectivity index (χ2v) is 9.95. The Balaban J connectivity index is 1.66. The number of rotatable bonds is 8. The Morgan fingerprint density at radius 3 is 2.27 bits per heavy atom. The molecular formula is C24H29N3O5S. The highest BCUT2D eigenvalue weighted by Crippen LogP contribution is 2.22. The molecule has 1 heterocycles. The minimum Gasteiger partial charge on any atom is -0.465 e. The summed E-state index contributed by atoms with van der Waals surface area (Å²) in [4.78, 5) is 24.7. The molecule has 0 aromatic heterocycles. The molecule has 0 aliphatic carbocycles. The van der Waals surface area contributed by atoms with E-state index in [-0.39, 0.29) is 29.9 Å². The van der Waals surface area contributed by atoms with Gasteiger partial charge in [-0.15, -0.1) is 0 Å². The minimum absolute atomic E-state index is 0.0790. The van der Waals surface area contributed by atoms with Gasteiger partial charge in [-0.2, -0.15) is 4.31 Å². The predicted molar refractivity (Wildman–Crippen MR) is 125 cm³/mol. The molecule has 2 N–H and O–H groups in total. The van der Waals surface area contributed by atoms with Crippen molar-refractivity contribution in [3.05, 3.63) is 78.4 Å². The standard InChI is InChI=1S/C24H29N3O5S/c1-2-23(28)25-21-9-6-15-27(16-14-21)33(31,32)22-12-10-20(11-13-22)18-26(24(29)30)17-19-7-4-3-5-8-19/h2-5,7-8,10-13,21H,1,6,9,14-18H2,(H,25,28)(H,29,30). The Morgan fingerprint density at radius 2 is 1.67 bits per heavy atom. The largest absolute Gasteiger partial charge is 0.465 e. The Bertz CT molecular complexity index is 1070. The lowest BCUT2D eigenvalue weighted by Crippen LogP contribution is -2.36. The molecule has 8 nitrogen and oxygen atoms in total. The molecule has 1 aliphatic rings. The number of nitrogens with zero attached hydrogens (tertiary/aromatic N) is 2. The molecule has 176 valence electrons. The van der Waals surface area contributed by atoms with Gasteiger partial charge in [-0.05, 0) is 48.6 Å². The van der Waals surface area contributed by atoms with E-state index in [0.717, 1.165) is 5.56 Å². The molecule has 2 aromatic carbocycles. The van der Waals surface area contributed by atoms with Gasteiger partial charge in [0.05, 0.1) is 4.90 Å². The van der Waals surface area contributed by atoms with Crippen LogP contribution in [-0.2, 0) is 27.9 Å². The summed E-state index contributed by atoms with van der Waals surface area (Å²) in [5.74, 6) is -0.255. The van der Waals surface area contributed by atoms with Crippen LogP contribution in [0, 0.1) is 0 Å². The normalized spacial score (nSPS) is 17.0. The second-order valence-electron chi connectivity index (χ2n) is 8.01. The van der Waals surface area contributed by atoms with E-state index in [0.29, 0.717) is 37.9 Å². The molecule has 0 saturated carbocycles. The number of amides is 2. The van der Waals surface area contributed by atoms with Crippen molar-refractivity contribution in [3.8, 4) is 0 Å². The zero-order chi connectivity index (χ0) is 23.8.